The number of nitrogens with zero attached hydrogens (tertiary/aromatic N) is 8. The lowest BCUT2D eigenvalue weighted by Gasteiger charge is -2.34. The van der Waals surface area contributed by atoms with Crippen LogP contribution >= 0.6 is 0 Å². The van der Waals surface area contributed by atoms with E-state index in [2.05, 4.69) is 46.2 Å². The van der Waals surface area contributed by atoms with Crippen molar-refractivity contribution in [1.29, 1.82) is 0 Å². The highest BCUT2D eigenvalue weighted by molar-refractivity contribution is 6.84. The summed E-state index contributed by atoms with van der Waals surface area (Å²) >= 11 is 0. The standard InChI is InChI=1S/C22H46N8O5Si2/c1-21(31)29(11-9-25-27-23)13-17-33-15-7-19-36(3,4)35-37(5,6)20-8-16-34-18-14-30(22(2)32)12-10-26-28-24/h7-20H2,1-6H3. The van der Waals surface area contributed by atoms with Crippen molar-refractivity contribution in [3.63, 3.8) is 0 Å². The number of hydrogen-bond donors (Lipinski definition) is 0. The zero-order chi connectivity index (χ0) is 28.2. The predicted molar refractivity (Wildman–Crippen MR) is 149 cm³/mol. The zero-order valence-electron chi connectivity index (χ0n) is 23.5. The molecule has 0 bridgehead atoms. The molecule has 0 rings (SSSR count). The number of ether oxygens (including phenoxy) is 2. The first-order valence-electron chi connectivity index (χ1n) is 12.8. The molecule has 0 aliphatic rings. The molecule has 0 N–H and O–H groups in total. The van der Waals surface area contributed by atoms with Gasteiger partial charge >= 0.3 is 0 Å². The van der Waals surface area contributed by atoms with E-state index < -0.39 is 16.6 Å². The summed E-state index contributed by atoms with van der Waals surface area (Å²) in [4.78, 5) is 31.9. The first-order chi connectivity index (χ1) is 17.4. The fourth-order valence-corrected chi connectivity index (χ4v) is 12.7. The van der Waals surface area contributed by atoms with E-state index in [1.165, 1.54) is 13.8 Å². The van der Waals surface area contributed by atoms with E-state index in [1.54, 1.807) is 9.80 Å². The molecule has 0 aliphatic heterocycles. The van der Waals surface area contributed by atoms with Crippen molar-refractivity contribution in [1.82, 2.24) is 9.80 Å². The molecule has 0 spiro atoms. The molecule has 15 heteroatoms. The van der Waals surface area contributed by atoms with Gasteiger partial charge in [0.05, 0.1) is 13.2 Å². The van der Waals surface area contributed by atoms with Crippen LogP contribution < -0.4 is 0 Å². The van der Waals surface area contributed by atoms with E-state index in [0.29, 0.717) is 52.6 Å². The third kappa shape index (κ3) is 19.6. The molecule has 0 fully saturated rings. The molecular weight excluding hydrogens is 512 g/mol. The lowest BCUT2D eigenvalue weighted by molar-refractivity contribution is -0.130. The number of carbonyl (C=O) groups excluding carboxylic acids is 2. The van der Waals surface area contributed by atoms with Gasteiger partial charge in [0.2, 0.25) is 11.8 Å². The van der Waals surface area contributed by atoms with Crippen LogP contribution in [0.15, 0.2) is 10.2 Å². The molecule has 13 nitrogen and oxygen atoms in total. The number of carbonyl (C=O) groups is 2. The van der Waals surface area contributed by atoms with Gasteiger partial charge in [-0.2, -0.15) is 0 Å². The molecule has 0 aliphatic carbocycles. The van der Waals surface area contributed by atoms with Crippen LogP contribution in [0.3, 0.4) is 0 Å². The Kier molecular flexibility index (Phi) is 18.8. The summed E-state index contributed by atoms with van der Waals surface area (Å²) in [6.07, 6.45) is 1.83. The van der Waals surface area contributed by atoms with Crippen LogP contribution in [-0.2, 0) is 23.2 Å². The third-order valence-corrected chi connectivity index (χ3v) is 13.2. The molecule has 0 unspecified atom stereocenters. The SMILES string of the molecule is CC(=O)N(CCN=[N+]=[N-])CCOCCC[Si](C)(C)O[Si](C)(C)CCCOCCN(CCN=[N+]=[N-])C(C)=O. The van der Waals surface area contributed by atoms with Crippen LogP contribution in [0.2, 0.25) is 38.3 Å². The van der Waals surface area contributed by atoms with E-state index in [-0.39, 0.29) is 24.9 Å². The van der Waals surface area contributed by atoms with E-state index >= 15 is 0 Å². The van der Waals surface area contributed by atoms with E-state index in [4.69, 9.17) is 24.7 Å². The van der Waals surface area contributed by atoms with Crippen LogP contribution in [0.25, 0.3) is 20.9 Å². The molecule has 0 radical (unpaired) electrons. The maximum absolute atomic E-state index is 11.6. The molecule has 0 aromatic rings. The zero-order valence-corrected chi connectivity index (χ0v) is 25.5. The predicted octanol–water partition coefficient (Wildman–Crippen LogP) is 4.54. The lowest BCUT2D eigenvalue weighted by Crippen LogP contribution is -2.44. The molecule has 0 saturated heterocycles. The average Bonchev–Trinajstić information content (AvgIpc) is 2.80. The largest absolute Gasteiger partial charge is 0.455 e. The van der Waals surface area contributed by atoms with Crippen LogP contribution in [0.1, 0.15) is 26.7 Å². The number of azide groups is 2. The van der Waals surface area contributed by atoms with Crippen molar-refractivity contribution >= 4 is 28.4 Å². The fraction of sp³-hybridized carbons (Fsp3) is 0.909. The van der Waals surface area contributed by atoms with Gasteiger partial charge in [0, 0.05) is 76.2 Å². The summed E-state index contributed by atoms with van der Waals surface area (Å²) in [5.74, 6) is -0.118. The smallest absolute Gasteiger partial charge is 0.219 e. The summed E-state index contributed by atoms with van der Waals surface area (Å²) in [7, 11) is -3.66. The van der Waals surface area contributed by atoms with Gasteiger partial charge in [-0.15, -0.1) is 0 Å². The topological polar surface area (TPSA) is 166 Å². The van der Waals surface area contributed by atoms with Crippen molar-refractivity contribution in [3.05, 3.63) is 20.9 Å². The second-order valence-electron chi connectivity index (χ2n) is 9.97. The molecule has 2 amide bonds. The lowest BCUT2D eigenvalue weighted by atomic mass is 10.4. The highest BCUT2D eigenvalue weighted by Gasteiger charge is 2.32. The highest BCUT2D eigenvalue weighted by Crippen LogP contribution is 2.23. The molecule has 0 atom stereocenters. The van der Waals surface area contributed by atoms with Gasteiger partial charge in [0.15, 0.2) is 16.6 Å². The third-order valence-electron chi connectivity index (χ3n) is 5.66. The molecule has 0 aromatic carbocycles. The maximum atomic E-state index is 11.6. The van der Waals surface area contributed by atoms with Gasteiger partial charge in [0.1, 0.15) is 0 Å². The maximum Gasteiger partial charge on any atom is 0.219 e. The Morgan fingerprint density at radius 1 is 0.703 bits per heavy atom. The van der Waals surface area contributed by atoms with Crippen molar-refractivity contribution in [3.8, 4) is 0 Å². The normalized spacial score (nSPS) is 11.4. The Labute approximate surface area is 223 Å². The minimum atomic E-state index is -1.83. The summed E-state index contributed by atoms with van der Waals surface area (Å²) in [5, 5.41) is 6.94. The van der Waals surface area contributed by atoms with Crippen LogP contribution in [0.4, 0.5) is 0 Å². The Bertz CT molecular complexity index is 712. The van der Waals surface area contributed by atoms with Crippen LogP contribution in [-0.4, -0.2) is 104 Å². The molecule has 0 aromatic heterocycles. The van der Waals surface area contributed by atoms with Gasteiger partial charge in [-0.05, 0) is 62.2 Å². The fourth-order valence-electron chi connectivity index (χ4n) is 3.88. The quantitative estimate of drug-likeness (QED) is 0.0624. The second kappa shape index (κ2) is 19.9. The van der Waals surface area contributed by atoms with Crippen molar-refractivity contribution < 1.29 is 23.2 Å². The van der Waals surface area contributed by atoms with Crippen molar-refractivity contribution in [2.45, 2.75) is 65.0 Å². The summed E-state index contributed by atoms with van der Waals surface area (Å²) in [6.45, 7) is 16.4. The Hall–Kier alpha value is -2.13. The molecule has 0 heterocycles. The highest BCUT2D eigenvalue weighted by atomic mass is 28.4. The first-order valence-corrected chi connectivity index (χ1v) is 19.1. The van der Waals surface area contributed by atoms with E-state index in [9.17, 15) is 9.59 Å². The molecule has 37 heavy (non-hydrogen) atoms. The number of hydrogen-bond acceptors (Lipinski definition) is 7. The van der Waals surface area contributed by atoms with Crippen LogP contribution in [0.5, 0.6) is 0 Å². The van der Waals surface area contributed by atoms with Gasteiger partial charge in [0.25, 0.3) is 0 Å². The monoisotopic (exact) mass is 558 g/mol. The van der Waals surface area contributed by atoms with E-state index in [0.717, 1.165) is 24.9 Å². The Balaban J connectivity index is 4.13. The molecule has 0 saturated carbocycles. The minimum Gasteiger partial charge on any atom is -0.455 e. The number of rotatable bonds is 22. The summed E-state index contributed by atoms with van der Waals surface area (Å²) < 4.78 is 18.1. The minimum absolute atomic E-state index is 0.0588. The Morgan fingerprint density at radius 3 is 1.41 bits per heavy atom. The Morgan fingerprint density at radius 2 is 1.08 bits per heavy atom. The average molecular weight is 559 g/mol. The molecular formula is C22H46N8O5Si2. The summed E-state index contributed by atoms with van der Waals surface area (Å²) in [6, 6.07) is 2.01. The number of amides is 2. The molecule has 212 valence electrons. The van der Waals surface area contributed by atoms with E-state index in [1.807, 2.05) is 0 Å². The summed E-state index contributed by atoms with van der Waals surface area (Å²) in [5.41, 5.74) is 16.7. The van der Waals surface area contributed by atoms with Gasteiger partial charge in [-0.1, -0.05) is 10.2 Å². The second-order valence-corrected chi connectivity index (χ2v) is 18.8. The van der Waals surface area contributed by atoms with Crippen molar-refractivity contribution in [2.75, 3.05) is 65.7 Å². The van der Waals surface area contributed by atoms with Gasteiger partial charge in [-0.25, -0.2) is 0 Å². The van der Waals surface area contributed by atoms with Crippen molar-refractivity contribution in [2.24, 2.45) is 10.2 Å². The van der Waals surface area contributed by atoms with Gasteiger partial charge in [-0.3, -0.25) is 9.59 Å². The van der Waals surface area contributed by atoms with Crippen LogP contribution in [0, 0.1) is 0 Å². The first kappa shape index (κ1) is 34.9. The van der Waals surface area contributed by atoms with Gasteiger partial charge < -0.3 is 23.4 Å².